The minimum absolute atomic E-state index is 0.0231. The highest BCUT2D eigenvalue weighted by Crippen LogP contribution is 2.39. The van der Waals surface area contributed by atoms with Gasteiger partial charge in [0.05, 0.1) is 5.92 Å². The van der Waals surface area contributed by atoms with Gasteiger partial charge < -0.3 is 15.7 Å². The molecule has 0 aromatic heterocycles. The van der Waals surface area contributed by atoms with Crippen molar-refractivity contribution >= 4 is 5.97 Å². The molecule has 2 aliphatic rings. The van der Waals surface area contributed by atoms with Gasteiger partial charge >= 0.3 is 5.97 Å². The zero-order valence-corrected chi connectivity index (χ0v) is 8.38. The van der Waals surface area contributed by atoms with E-state index >= 15 is 0 Å². The summed E-state index contributed by atoms with van der Waals surface area (Å²) < 4.78 is 0. The Kier molecular flexibility index (Phi) is 2.74. The number of carboxylic acids is 1. The van der Waals surface area contributed by atoms with Crippen LogP contribution in [0.4, 0.5) is 0 Å². The summed E-state index contributed by atoms with van der Waals surface area (Å²) >= 11 is 0. The molecular weight excluding hydrogens is 180 g/mol. The van der Waals surface area contributed by atoms with Gasteiger partial charge in [0.15, 0.2) is 0 Å². The molecule has 2 heterocycles. The van der Waals surface area contributed by atoms with E-state index in [4.69, 9.17) is 0 Å². The van der Waals surface area contributed by atoms with Crippen molar-refractivity contribution in [1.29, 1.82) is 0 Å². The third-order valence-corrected chi connectivity index (χ3v) is 3.69. The van der Waals surface area contributed by atoms with Crippen LogP contribution in [0.15, 0.2) is 0 Å². The average Bonchev–Trinajstić information content (AvgIpc) is 2.19. The summed E-state index contributed by atoms with van der Waals surface area (Å²) in [7, 11) is 0. The van der Waals surface area contributed by atoms with Crippen LogP contribution in [0.1, 0.15) is 19.3 Å². The number of nitrogens with one attached hydrogen (secondary N) is 2. The SMILES string of the molecule is O=C(O)C1CNCCC12CCCNC2. The quantitative estimate of drug-likeness (QED) is 0.557. The molecule has 0 aromatic rings. The van der Waals surface area contributed by atoms with Crippen LogP contribution in [0, 0.1) is 11.3 Å². The first kappa shape index (κ1) is 9.93. The van der Waals surface area contributed by atoms with Crippen LogP contribution < -0.4 is 10.6 Å². The maximum absolute atomic E-state index is 11.2. The standard InChI is InChI=1S/C10H18N2O2/c13-9(14)8-6-11-5-3-10(8)2-1-4-12-7-10/h8,11-12H,1-7H2,(H,13,14). The van der Waals surface area contributed by atoms with Gasteiger partial charge in [-0.25, -0.2) is 0 Å². The third-order valence-electron chi connectivity index (χ3n) is 3.69. The topological polar surface area (TPSA) is 61.4 Å². The minimum Gasteiger partial charge on any atom is -0.481 e. The van der Waals surface area contributed by atoms with Gasteiger partial charge in [0.25, 0.3) is 0 Å². The maximum atomic E-state index is 11.2. The van der Waals surface area contributed by atoms with Crippen molar-refractivity contribution in [3.63, 3.8) is 0 Å². The van der Waals surface area contributed by atoms with Gasteiger partial charge in [-0.1, -0.05) is 0 Å². The molecule has 1 spiro atoms. The summed E-state index contributed by atoms with van der Waals surface area (Å²) in [5.41, 5.74) is 0.0231. The van der Waals surface area contributed by atoms with Crippen LogP contribution in [0.25, 0.3) is 0 Å². The molecule has 0 aliphatic carbocycles. The lowest BCUT2D eigenvalue weighted by Gasteiger charge is -2.45. The van der Waals surface area contributed by atoms with Crippen molar-refractivity contribution in [1.82, 2.24) is 10.6 Å². The van der Waals surface area contributed by atoms with Gasteiger partial charge in [-0.15, -0.1) is 0 Å². The Balaban J connectivity index is 2.14. The van der Waals surface area contributed by atoms with Gasteiger partial charge in [0.2, 0.25) is 0 Å². The molecule has 0 amide bonds. The highest BCUT2D eigenvalue weighted by Gasteiger charge is 2.45. The smallest absolute Gasteiger partial charge is 0.308 e. The van der Waals surface area contributed by atoms with Crippen LogP contribution in [-0.4, -0.2) is 37.3 Å². The number of carbonyl (C=O) groups is 1. The molecule has 4 heteroatoms. The zero-order chi connectivity index (χ0) is 10.0. The van der Waals surface area contributed by atoms with E-state index in [-0.39, 0.29) is 11.3 Å². The number of hydrogen-bond acceptors (Lipinski definition) is 3. The van der Waals surface area contributed by atoms with E-state index in [1.807, 2.05) is 0 Å². The second-order valence-corrected chi connectivity index (χ2v) is 4.49. The Morgan fingerprint density at radius 3 is 2.79 bits per heavy atom. The van der Waals surface area contributed by atoms with Crippen molar-refractivity contribution in [3.8, 4) is 0 Å². The molecule has 2 unspecified atom stereocenters. The molecule has 14 heavy (non-hydrogen) atoms. The first-order valence-electron chi connectivity index (χ1n) is 5.39. The summed E-state index contributed by atoms with van der Waals surface area (Å²) in [6, 6.07) is 0. The summed E-state index contributed by atoms with van der Waals surface area (Å²) in [4.78, 5) is 11.2. The molecule has 3 N–H and O–H groups in total. The molecule has 80 valence electrons. The van der Waals surface area contributed by atoms with Crippen LogP contribution in [0.3, 0.4) is 0 Å². The molecule has 2 atom stereocenters. The zero-order valence-electron chi connectivity index (χ0n) is 8.38. The first-order valence-corrected chi connectivity index (χ1v) is 5.39. The van der Waals surface area contributed by atoms with E-state index in [0.29, 0.717) is 6.54 Å². The fraction of sp³-hybridized carbons (Fsp3) is 0.900. The van der Waals surface area contributed by atoms with Gasteiger partial charge in [-0.05, 0) is 37.8 Å². The first-order chi connectivity index (χ1) is 6.75. The number of carboxylic acid groups (broad SMARTS) is 1. The van der Waals surface area contributed by atoms with Crippen molar-refractivity contribution in [3.05, 3.63) is 0 Å². The number of piperidine rings is 2. The Morgan fingerprint density at radius 1 is 1.29 bits per heavy atom. The Morgan fingerprint density at radius 2 is 2.14 bits per heavy atom. The second-order valence-electron chi connectivity index (χ2n) is 4.49. The van der Waals surface area contributed by atoms with E-state index in [9.17, 15) is 9.90 Å². The van der Waals surface area contributed by atoms with Crippen molar-refractivity contribution in [2.75, 3.05) is 26.2 Å². The molecule has 0 bridgehead atoms. The highest BCUT2D eigenvalue weighted by atomic mass is 16.4. The highest BCUT2D eigenvalue weighted by molar-refractivity contribution is 5.71. The normalized spacial score (nSPS) is 38.4. The molecule has 0 radical (unpaired) electrons. The molecule has 2 saturated heterocycles. The summed E-state index contributed by atoms with van der Waals surface area (Å²) in [5.74, 6) is -0.843. The average molecular weight is 198 g/mol. The summed E-state index contributed by atoms with van der Waals surface area (Å²) in [5, 5.41) is 15.7. The summed E-state index contributed by atoms with van der Waals surface area (Å²) in [6.07, 6.45) is 3.18. The van der Waals surface area contributed by atoms with Gasteiger partial charge in [-0.3, -0.25) is 4.79 Å². The maximum Gasteiger partial charge on any atom is 0.308 e. The van der Waals surface area contributed by atoms with E-state index < -0.39 is 5.97 Å². The van der Waals surface area contributed by atoms with Crippen molar-refractivity contribution in [2.45, 2.75) is 19.3 Å². The van der Waals surface area contributed by atoms with Gasteiger partial charge in [0.1, 0.15) is 0 Å². The van der Waals surface area contributed by atoms with Gasteiger partial charge in [-0.2, -0.15) is 0 Å². The lowest BCUT2D eigenvalue weighted by Crippen LogP contribution is -2.55. The fourth-order valence-electron chi connectivity index (χ4n) is 2.83. The van der Waals surface area contributed by atoms with Crippen molar-refractivity contribution in [2.24, 2.45) is 11.3 Å². The minimum atomic E-state index is -0.638. The Labute approximate surface area is 84.1 Å². The largest absolute Gasteiger partial charge is 0.481 e. The van der Waals surface area contributed by atoms with Gasteiger partial charge in [0, 0.05) is 13.1 Å². The van der Waals surface area contributed by atoms with Crippen LogP contribution in [-0.2, 0) is 4.79 Å². The lowest BCUT2D eigenvalue weighted by atomic mass is 9.66. The van der Waals surface area contributed by atoms with Crippen LogP contribution in [0.2, 0.25) is 0 Å². The van der Waals surface area contributed by atoms with E-state index in [1.54, 1.807) is 0 Å². The fourth-order valence-corrected chi connectivity index (χ4v) is 2.83. The molecule has 4 nitrogen and oxygen atoms in total. The predicted molar refractivity (Wildman–Crippen MR) is 53.1 cm³/mol. The molecular formula is C10H18N2O2. The van der Waals surface area contributed by atoms with Crippen molar-refractivity contribution < 1.29 is 9.90 Å². The van der Waals surface area contributed by atoms with E-state index in [2.05, 4.69) is 10.6 Å². The Bertz CT molecular complexity index is 216. The van der Waals surface area contributed by atoms with E-state index in [0.717, 1.165) is 38.9 Å². The third kappa shape index (κ3) is 1.64. The Hall–Kier alpha value is -0.610. The molecule has 0 saturated carbocycles. The van der Waals surface area contributed by atoms with E-state index in [1.165, 1.54) is 0 Å². The molecule has 0 aromatic carbocycles. The molecule has 2 aliphatic heterocycles. The molecule has 2 fully saturated rings. The lowest BCUT2D eigenvalue weighted by molar-refractivity contribution is -0.148. The second kappa shape index (κ2) is 3.87. The van der Waals surface area contributed by atoms with Crippen LogP contribution in [0.5, 0.6) is 0 Å². The number of rotatable bonds is 1. The monoisotopic (exact) mass is 198 g/mol. The number of hydrogen-bond donors (Lipinski definition) is 3. The number of aliphatic carboxylic acids is 1. The predicted octanol–water partition coefficient (Wildman–Crippen LogP) is 0.0503. The van der Waals surface area contributed by atoms with Crippen LogP contribution >= 0.6 is 0 Å². The molecule has 2 rings (SSSR count). The summed E-state index contributed by atoms with van der Waals surface area (Å²) in [6.45, 7) is 3.52.